The van der Waals surface area contributed by atoms with Crippen molar-refractivity contribution in [2.75, 3.05) is 0 Å². The minimum atomic E-state index is -0.273. The Labute approximate surface area is 73.2 Å². The summed E-state index contributed by atoms with van der Waals surface area (Å²) >= 11 is 0. The summed E-state index contributed by atoms with van der Waals surface area (Å²) < 4.78 is 5.47. The number of rotatable bonds is 1. The van der Waals surface area contributed by atoms with Crippen LogP contribution in [0.15, 0.2) is 12.2 Å². The molecular weight excluding hydrogens is 152 g/mol. The summed E-state index contributed by atoms with van der Waals surface area (Å²) in [5.74, 6) is 0.448. The maximum atomic E-state index is 9.64. The number of allylic oxidation sites excluding steroid dienone is 1. The zero-order chi connectivity index (χ0) is 8.93. The van der Waals surface area contributed by atoms with Gasteiger partial charge in [0, 0.05) is 0 Å². The van der Waals surface area contributed by atoms with Crippen LogP contribution in [0.2, 0.25) is 0 Å². The van der Waals surface area contributed by atoms with Gasteiger partial charge in [0.2, 0.25) is 0 Å². The molecule has 2 fully saturated rings. The van der Waals surface area contributed by atoms with Gasteiger partial charge in [-0.2, -0.15) is 0 Å². The van der Waals surface area contributed by atoms with Gasteiger partial charge in [0.15, 0.2) is 0 Å². The second-order valence-electron chi connectivity index (χ2n) is 4.40. The van der Waals surface area contributed by atoms with Crippen LogP contribution < -0.4 is 0 Å². The van der Waals surface area contributed by atoms with Gasteiger partial charge in [-0.3, -0.25) is 0 Å². The Morgan fingerprint density at radius 2 is 2.33 bits per heavy atom. The molecule has 1 saturated heterocycles. The molecule has 1 saturated carbocycles. The molecule has 2 aliphatic rings. The average molecular weight is 168 g/mol. The van der Waals surface area contributed by atoms with Gasteiger partial charge in [0.05, 0.1) is 11.7 Å². The molecule has 1 N–H and O–H groups in total. The lowest BCUT2D eigenvalue weighted by Gasteiger charge is -2.26. The van der Waals surface area contributed by atoms with E-state index in [1.807, 2.05) is 6.92 Å². The normalized spacial score (nSPS) is 51.4. The molecule has 0 aromatic heterocycles. The van der Waals surface area contributed by atoms with Crippen LogP contribution in [0.5, 0.6) is 0 Å². The molecular formula is C10H16O2. The van der Waals surface area contributed by atoms with E-state index in [0.29, 0.717) is 5.92 Å². The molecule has 0 aromatic carbocycles. The van der Waals surface area contributed by atoms with Gasteiger partial charge < -0.3 is 9.84 Å². The van der Waals surface area contributed by atoms with Crippen LogP contribution in [0.25, 0.3) is 0 Å². The molecule has 2 rings (SSSR count). The van der Waals surface area contributed by atoms with Crippen molar-refractivity contribution in [1.29, 1.82) is 0 Å². The minimum absolute atomic E-state index is 0.0404. The van der Waals surface area contributed by atoms with Crippen molar-refractivity contribution in [2.24, 2.45) is 5.92 Å². The Morgan fingerprint density at radius 1 is 1.67 bits per heavy atom. The number of ether oxygens (including phenoxy) is 1. The van der Waals surface area contributed by atoms with Crippen molar-refractivity contribution in [2.45, 2.75) is 44.5 Å². The molecule has 2 nitrogen and oxygen atoms in total. The molecule has 0 bridgehead atoms. The Hall–Kier alpha value is -0.340. The van der Waals surface area contributed by atoms with E-state index in [9.17, 15) is 5.11 Å². The molecule has 0 aromatic rings. The smallest absolute Gasteiger partial charge is 0.113 e. The van der Waals surface area contributed by atoms with E-state index < -0.39 is 0 Å². The van der Waals surface area contributed by atoms with Gasteiger partial charge in [-0.25, -0.2) is 0 Å². The van der Waals surface area contributed by atoms with Gasteiger partial charge >= 0.3 is 0 Å². The van der Waals surface area contributed by atoms with Crippen molar-refractivity contribution >= 4 is 0 Å². The summed E-state index contributed by atoms with van der Waals surface area (Å²) in [6, 6.07) is 0. The largest absolute Gasteiger partial charge is 0.390 e. The van der Waals surface area contributed by atoms with E-state index in [2.05, 4.69) is 13.5 Å². The van der Waals surface area contributed by atoms with Gasteiger partial charge in [0.1, 0.15) is 6.10 Å². The fraction of sp³-hybridized carbons (Fsp3) is 0.800. The summed E-state index contributed by atoms with van der Waals surface area (Å²) in [6.07, 6.45) is 1.69. The molecule has 4 atom stereocenters. The number of hydrogen-bond donors (Lipinski definition) is 1. The van der Waals surface area contributed by atoms with E-state index in [4.69, 9.17) is 4.74 Å². The fourth-order valence-electron chi connectivity index (χ4n) is 2.27. The third-order valence-electron chi connectivity index (χ3n) is 3.16. The molecule has 0 radical (unpaired) electrons. The Bertz CT molecular complexity index is 224. The Kier molecular flexibility index (Phi) is 1.61. The van der Waals surface area contributed by atoms with Crippen LogP contribution in [0, 0.1) is 5.92 Å². The van der Waals surface area contributed by atoms with E-state index in [0.717, 1.165) is 12.8 Å². The lowest BCUT2D eigenvalue weighted by atomic mass is 9.78. The van der Waals surface area contributed by atoms with E-state index in [1.54, 1.807) is 0 Å². The second kappa shape index (κ2) is 2.33. The summed E-state index contributed by atoms with van der Waals surface area (Å²) in [4.78, 5) is 0. The third kappa shape index (κ3) is 1.10. The zero-order valence-corrected chi connectivity index (χ0v) is 7.71. The highest BCUT2D eigenvalue weighted by molar-refractivity contribution is 5.13. The van der Waals surface area contributed by atoms with Crippen molar-refractivity contribution in [1.82, 2.24) is 0 Å². The SMILES string of the molecule is C=C(C)C1CC(O)C2OC2(C)C1. The molecule has 12 heavy (non-hydrogen) atoms. The van der Waals surface area contributed by atoms with Crippen LogP contribution in [0.1, 0.15) is 26.7 Å². The molecule has 0 amide bonds. The first-order chi connectivity index (χ1) is 5.53. The van der Waals surface area contributed by atoms with Crippen LogP contribution in [0.4, 0.5) is 0 Å². The summed E-state index contributed by atoms with van der Waals surface area (Å²) in [5, 5.41) is 9.64. The Balaban J connectivity index is 2.09. The number of aliphatic hydroxyl groups is 1. The highest BCUT2D eigenvalue weighted by Crippen LogP contribution is 2.50. The summed E-state index contributed by atoms with van der Waals surface area (Å²) in [5.41, 5.74) is 1.13. The van der Waals surface area contributed by atoms with Gasteiger partial charge in [-0.05, 0) is 32.6 Å². The second-order valence-corrected chi connectivity index (χ2v) is 4.40. The van der Waals surface area contributed by atoms with Crippen LogP contribution in [0.3, 0.4) is 0 Å². The third-order valence-corrected chi connectivity index (χ3v) is 3.16. The minimum Gasteiger partial charge on any atom is -0.390 e. The molecule has 1 heterocycles. The topological polar surface area (TPSA) is 32.8 Å². The number of aliphatic hydroxyl groups excluding tert-OH is 1. The zero-order valence-electron chi connectivity index (χ0n) is 7.71. The van der Waals surface area contributed by atoms with Crippen molar-refractivity contribution in [3.63, 3.8) is 0 Å². The Morgan fingerprint density at radius 3 is 2.83 bits per heavy atom. The molecule has 68 valence electrons. The monoisotopic (exact) mass is 168 g/mol. The van der Waals surface area contributed by atoms with Crippen molar-refractivity contribution in [3.8, 4) is 0 Å². The predicted molar refractivity (Wildman–Crippen MR) is 46.8 cm³/mol. The number of hydrogen-bond acceptors (Lipinski definition) is 2. The maximum Gasteiger partial charge on any atom is 0.113 e. The maximum absolute atomic E-state index is 9.64. The van der Waals surface area contributed by atoms with E-state index in [-0.39, 0.29) is 17.8 Å². The van der Waals surface area contributed by atoms with Gasteiger partial charge in [-0.15, -0.1) is 0 Å². The number of epoxide rings is 1. The van der Waals surface area contributed by atoms with Gasteiger partial charge in [0.25, 0.3) is 0 Å². The molecule has 2 heteroatoms. The number of fused-ring (bicyclic) bond motifs is 1. The fourth-order valence-corrected chi connectivity index (χ4v) is 2.27. The summed E-state index contributed by atoms with van der Waals surface area (Å²) in [6.45, 7) is 8.04. The molecule has 4 unspecified atom stereocenters. The quantitative estimate of drug-likeness (QED) is 0.475. The first-order valence-corrected chi connectivity index (χ1v) is 4.54. The summed E-state index contributed by atoms with van der Waals surface area (Å²) in [7, 11) is 0. The van der Waals surface area contributed by atoms with E-state index >= 15 is 0 Å². The van der Waals surface area contributed by atoms with Crippen LogP contribution in [-0.2, 0) is 4.74 Å². The van der Waals surface area contributed by atoms with Crippen molar-refractivity contribution in [3.05, 3.63) is 12.2 Å². The van der Waals surface area contributed by atoms with Gasteiger partial charge in [-0.1, -0.05) is 12.2 Å². The van der Waals surface area contributed by atoms with Crippen LogP contribution >= 0.6 is 0 Å². The van der Waals surface area contributed by atoms with Crippen LogP contribution in [-0.4, -0.2) is 22.9 Å². The lowest BCUT2D eigenvalue weighted by molar-refractivity contribution is 0.109. The predicted octanol–water partition coefficient (Wildman–Crippen LogP) is 1.49. The molecule has 1 aliphatic heterocycles. The average Bonchev–Trinajstić information content (AvgIpc) is 2.61. The molecule has 1 aliphatic carbocycles. The van der Waals surface area contributed by atoms with Crippen molar-refractivity contribution < 1.29 is 9.84 Å². The highest BCUT2D eigenvalue weighted by atomic mass is 16.6. The van der Waals surface area contributed by atoms with E-state index in [1.165, 1.54) is 5.57 Å². The highest BCUT2D eigenvalue weighted by Gasteiger charge is 2.59. The standard InChI is InChI=1S/C10H16O2/c1-6(2)7-4-8(11)9-10(3,5-7)12-9/h7-9,11H,1,4-5H2,2-3H3. The lowest BCUT2D eigenvalue weighted by Crippen LogP contribution is -2.33. The first kappa shape index (κ1) is 8.27. The molecule has 0 spiro atoms. The first-order valence-electron chi connectivity index (χ1n) is 4.54.